The van der Waals surface area contributed by atoms with Crippen molar-refractivity contribution in [2.45, 2.75) is 45.7 Å². The Bertz CT molecular complexity index is 648. The van der Waals surface area contributed by atoms with Crippen molar-refractivity contribution in [2.24, 2.45) is 11.8 Å². The number of aromatic amines is 1. The molecule has 0 saturated heterocycles. The molecule has 4 nitrogen and oxygen atoms in total. The normalized spacial score (nSPS) is 27.0. The fraction of sp³-hybridized carbons (Fsp3) is 0.600. The summed E-state index contributed by atoms with van der Waals surface area (Å²) in [6.45, 7) is 5.28. The van der Waals surface area contributed by atoms with Crippen molar-refractivity contribution < 1.29 is 0 Å². The maximum absolute atomic E-state index is 11.9. The van der Waals surface area contributed by atoms with Crippen molar-refractivity contribution in [3.8, 4) is 0 Å². The lowest BCUT2D eigenvalue weighted by Gasteiger charge is -2.33. The van der Waals surface area contributed by atoms with Crippen LogP contribution in [0.3, 0.4) is 0 Å². The Morgan fingerprint density at radius 1 is 1.45 bits per heavy atom. The molecule has 2 aromatic rings. The second kappa shape index (κ2) is 5.66. The molecule has 0 amide bonds. The first-order chi connectivity index (χ1) is 9.63. The van der Waals surface area contributed by atoms with Crippen LogP contribution in [-0.2, 0) is 6.54 Å². The lowest BCUT2D eigenvalue weighted by molar-refractivity contribution is 0.226. The van der Waals surface area contributed by atoms with Gasteiger partial charge in [-0.3, -0.25) is 4.79 Å². The molecule has 3 unspecified atom stereocenters. The number of nitrogens with zero attached hydrogens (tertiary/aromatic N) is 1. The third-order valence-electron chi connectivity index (χ3n) is 4.33. The summed E-state index contributed by atoms with van der Waals surface area (Å²) in [6.07, 6.45) is 3.79. The molecule has 5 heteroatoms. The highest BCUT2D eigenvalue weighted by Crippen LogP contribution is 2.28. The summed E-state index contributed by atoms with van der Waals surface area (Å²) in [4.78, 5) is 19.3. The molecule has 0 aliphatic heterocycles. The largest absolute Gasteiger partial charge is 0.308 e. The predicted molar refractivity (Wildman–Crippen MR) is 83.0 cm³/mol. The van der Waals surface area contributed by atoms with E-state index in [1.54, 1.807) is 0 Å². The molecule has 1 saturated carbocycles. The summed E-state index contributed by atoms with van der Waals surface area (Å²) >= 11 is 1.44. The maximum atomic E-state index is 11.9. The zero-order valence-electron chi connectivity index (χ0n) is 12.0. The van der Waals surface area contributed by atoms with Crippen LogP contribution in [-0.4, -0.2) is 16.0 Å². The summed E-state index contributed by atoms with van der Waals surface area (Å²) in [5, 5.41) is 5.47. The minimum atomic E-state index is -0.0212. The van der Waals surface area contributed by atoms with Gasteiger partial charge in [-0.15, -0.1) is 11.3 Å². The van der Waals surface area contributed by atoms with Gasteiger partial charge >= 0.3 is 0 Å². The number of fused-ring (bicyclic) bond motifs is 1. The van der Waals surface area contributed by atoms with Crippen LogP contribution in [0.25, 0.3) is 10.2 Å². The molecule has 0 radical (unpaired) electrons. The standard InChI is InChI=1S/C15H21N3OS/c1-9-3-4-11(10(2)7-9)16-8-13-17-12-5-6-20-14(12)15(19)18-13/h5-6,9-11,16H,3-4,7-8H2,1-2H3,(H,17,18,19). The van der Waals surface area contributed by atoms with Crippen molar-refractivity contribution in [3.63, 3.8) is 0 Å². The predicted octanol–water partition coefficient (Wildman–Crippen LogP) is 2.90. The van der Waals surface area contributed by atoms with Crippen LogP contribution in [0.5, 0.6) is 0 Å². The van der Waals surface area contributed by atoms with Gasteiger partial charge in [-0.2, -0.15) is 0 Å². The molecule has 1 aliphatic carbocycles. The quantitative estimate of drug-likeness (QED) is 0.914. The minimum Gasteiger partial charge on any atom is -0.308 e. The molecular weight excluding hydrogens is 270 g/mol. The molecule has 0 bridgehead atoms. The fourth-order valence-electron chi connectivity index (χ4n) is 3.20. The number of thiophene rings is 1. The Kier molecular flexibility index (Phi) is 3.89. The van der Waals surface area contributed by atoms with Crippen molar-refractivity contribution >= 4 is 21.6 Å². The zero-order valence-corrected chi connectivity index (χ0v) is 12.8. The van der Waals surface area contributed by atoms with Crippen LogP contribution in [0, 0.1) is 11.8 Å². The average Bonchev–Trinajstić information content (AvgIpc) is 2.86. The maximum Gasteiger partial charge on any atom is 0.268 e. The van der Waals surface area contributed by atoms with E-state index in [9.17, 15) is 4.79 Å². The highest BCUT2D eigenvalue weighted by atomic mass is 32.1. The zero-order chi connectivity index (χ0) is 14.1. The first kappa shape index (κ1) is 13.8. The van der Waals surface area contributed by atoms with E-state index < -0.39 is 0 Å². The number of H-pyrrole nitrogens is 1. The second-order valence-electron chi connectivity index (χ2n) is 6.03. The monoisotopic (exact) mass is 291 g/mol. The lowest BCUT2D eigenvalue weighted by Crippen LogP contribution is -2.39. The molecule has 108 valence electrons. The summed E-state index contributed by atoms with van der Waals surface area (Å²) in [6, 6.07) is 2.44. The smallest absolute Gasteiger partial charge is 0.268 e. The highest BCUT2D eigenvalue weighted by molar-refractivity contribution is 7.17. The number of aromatic nitrogens is 2. The van der Waals surface area contributed by atoms with Gasteiger partial charge in [0.15, 0.2) is 0 Å². The number of hydrogen-bond donors (Lipinski definition) is 2. The highest BCUT2D eigenvalue weighted by Gasteiger charge is 2.24. The summed E-state index contributed by atoms with van der Waals surface area (Å²) < 4.78 is 0.716. The van der Waals surface area contributed by atoms with Gasteiger partial charge in [-0.1, -0.05) is 13.8 Å². The molecule has 2 heterocycles. The molecule has 2 N–H and O–H groups in total. The van der Waals surface area contributed by atoms with Gasteiger partial charge in [-0.25, -0.2) is 4.98 Å². The van der Waals surface area contributed by atoms with Gasteiger partial charge in [-0.05, 0) is 42.5 Å². The van der Waals surface area contributed by atoms with Crippen molar-refractivity contribution in [2.75, 3.05) is 0 Å². The van der Waals surface area contributed by atoms with Gasteiger partial charge in [0.05, 0.1) is 12.1 Å². The van der Waals surface area contributed by atoms with E-state index in [-0.39, 0.29) is 5.56 Å². The molecule has 2 aromatic heterocycles. The van der Waals surface area contributed by atoms with Crippen LogP contribution >= 0.6 is 11.3 Å². The lowest BCUT2D eigenvalue weighted by atomic mass is 9.80. The van der Waals surface area contributed by atoms with E-state index >= 15 is 0 Å². The first-order valence-corrected chi connectivity index (χ1v) is 8.21. The van der Waals surface area contributed by atoms with E-state index in [1.807, 2.05) is 11.4 Å². The molecule has 3 rings (SSSR count). The minimum absolute atomic E-state index is 0.0212. The fourth-order valence-corrected chi connectivity index (χ4v) is 3.93. The summed E-state index contributed by atoms with van der Waals surface area (Å²) in [5.74, 6) is 2.27. The van der Waals surface area contributed by atoms with E-state index in [2.05, 4.69) is 29.1 Å². The van der Waals surface area contributed by atoms with Gasteiger partial charge < -0.3 is 10.3 Å². The Hall–Kier alpha value is -1.20. The Balaban J connectivity index is 1.69. The number of rotatable bonds is 3. The van der Waals surface area contributed by atoms with Crippen LogP contribution < -0.4 is 10.9 Å². The third kappa shape index (κ3) is 2.79. The van der Waals surface area contributed by atoms with Gasteiger partial charge in [0.25, 0.3) is 5.56 Å². The topological polar surface area (TPSA) is 57.8 Å². The molecule has 20 heavy (non-hydrogen) atoms. The van der Waals surface area contributed by atoms with Crippen LogP contribution in [0.2, 0.25) is 0 Å². The number of hydrogen-bond acceptors (Lipinski definition) is 4. The molecule has 1 fully saturated rings. The number of nitrogens with one attached hydrogen (secondary N) is 2. The first-order valence-electron chi connectivity index (χ1n) is 7.33. The van der Waals surface area contributed by atoms with E-state index in [4.69, 9.17) is 0 Å². The van der Waals surface area contributed by atoms with Crippen molar-refractivity contribution in [1.82, 2.24) is 15.3 Å². The molecular formula is C15H21N3OS. The molecule has 0 spiro atoms. The summed E-state index contributed by atoms with van der Waals surface area (Å²) in [7, 11) is 0. The summed E-state index contributed by atoms with van der Waals surface area (Å²) in [5.41, 5.74) is 0.785. The van der Waals surface area contributed by atoms with E-state index in [1.165, 1.54) is 30.6 Å². The van der Waals surface area contributed by atoms with Crippen molar-refractivity contribution in [1.29, 1.82) is 0 Å². The molecule has 0 aromatic carbocycles. The van der Waals surface area contributed by atoms with Gasteiger partial charge in [0.2, 0.25) is 0 Å². The molecule has 1 aliphatic rings. The van der Waals surface area contributed by atoms with Crippen LogP contribution in [0.1, 0.15) is 38.9 Å². The van der Waals surface area contributed by atoms with Gasteiger partial charge in [0, 0.05) is 6.04 Å². The Morgan fingerprint density at radius 2 is 2.30 bits per heavy atom. The van der Waals surface area contributed by atoms with Gasteiger partial charge in [0.1, 0.15) is 10.5 Å². The van der Waals surface area contributed by atoms with Crippen LogP contribution in [0.15, 0.2) is 16.2 Å². The Labute approximate surface area is 122 Å². The SMILES string of the molecule is CC1CCC(NCc2nc3ccsc3c(=O)[nH]2)C(C)C1. The molecule has 3 atom stereocenters. The van der Waals surface area contributed by atoms with Crippen LogP contribution in [0.4, 0.5) is 0 Å². The third-order valence-corrected chi connectivity index (χ3v) is 5.23. The second-order valence-corrected chi connectivity index (χ2v) is 6.95. The van der Waals surface area contributed by atoms with E-state index in [0.717, 1.165) is 17.3 Å². The Morgan fingerprint density at radius 3 is 3.10 bits per heavy atom. The van der Waals surface area contributed by atoms with Crippen molar-refractivity contribution in [3.05, 3.63) is 27.6 Å². The van der Waals surface area contributed by atoms with E-state index in [0.29, 0.717) is 23.2 Å². The average molecular weight is 291 g/mol.